The number of aromatic nitrogens is 1. The minimum Gasteiger partial charge on any atom is -0.456 e. The number of halogens is 3. The molecule has 0 radical (unpaired) electrons. The number of alkyl halides is 3. The summed E-state index contributed by atoms with van der Waals surface area (Å²) >= 11 is 0. The van der Waals surface area contributed by atoms with Crippen LogP contribution in [0.15, 0.2) is 28.8 Å². The Balaban J connectivity index is 1.77. The van der Waals surface area contributed by atoms with Gasteiger partial charge in [0.15, 0.2) is 6.61 Å². The maximum absolute atomic E-state index is 12.5. The monoisotopic (exact) mass is 370 g/mol. The molecule has 9 heteroatoms. The van der Waals surface area contributed by atoms with Crippen molar-refractivity contribution in [3.05, 3.63) is 46.8 Å². The Bertz CT molecular complexity index is 763. The number of aryl methyl sites for hydroxylation is 2. The van der Waals surface area contributed by atoms with Crippen LogP contribution in [-0.4, -0.2) is 23.6 Å². The summed E-state index contributed by atoms with van der Waals surface area (Å²) in [5, 5.41) is 6.13. The van der Waals surface area contributed by atoms with E-state index in [0.717, 1.165) is 29.8 Å². The average Bonchev–Trinajstić information content (AvgIpc) is 2.89. The number of hydrogen-bond acceptors (Lipinski definition) is 5. The number of ether oxygens (including phenoxy) is 1. The number of esters is 1. The van der Waals surface area contributed by atoms with E-state index in [1.165, 1.54) is 0 Å². The zero-order valence-corrected chi connectivity index (χ0v) is 14.1. The first kappa shape index (κ1) is 19.5. The van der Waals surface area contributed by atoms with E-state index >= 15 is 0 Å². The molecular formula is C17H17F3N2O4. The van der Waals surface area contributed by atoms with Crippen LogP contribution in [0, 0.1) is 13.8 Å². The van der Waals surface area contributed by atoms with Crippen LogP contribution in [0.4, 0.5) is 18.9 Å². The van der Waals surface area contributed by atoms with E-state index in [1.54, 1.807) is 13.8 Å². The van der Waals surface area contributed by atoms with Crippen LogP contribution in [0.1, 0.15) is 29.0 Å². The molecule has 1 amide bonds. The van der Waals surface area contributed by atoms with Gasteiger partial charge in [0, 0.05) is 17.7 Å². The van der Waals surface area contributed by atoms with Crippen LogP contribution in [0.25, 0.3) is 0 Å². The van der Waals surface area contributed by atoms with Gasteiger partial charge in [-0.25, -0.2) is 0 Å². The number of carbonyl (C=O) groups is 2. The Morgan fingerprint density at radius 1 is 1.19 bits per heavy atom. The second-order valence-corrected chi connectivity index (χ2v) is 5.59. The predicted octanol–water partition coefficient (Wildman–Crippen LogP) is 3.42. The van der Waals surface area contributed by atoms with E-state index in [1.807, 2.05) is 0 Å². The SMILES string of the molecule is Cc1noc(C)c1CCC(=O)OCC(=O)Nc1ccc(C(F)(F)F)cc1. The second kappa shape index (κ2) is 8.03. The molecule has 0 unspecified atom stereocenters. The molecule has 0 spiro atoms. The highest BCUT2D eigenvalue weighted by Gasteiger charge is 2.30. The molecule has 0 aliphatic heterocycles. The molecule has 6 nitrogen and oxygen atoms in total. The van der Waals surface area contributed by atoms with Gasteiger partial charge in [-0.05, 0) is 44.5 Å². The van der Waals surface area contributed by atoms with Gasteiger partial charge in [-0.1, -0.05) is 5.16 Å². The van der Waals surface area contributed by atoms with E-state index in [0.29, 0.717) is 17.9 Å². The predicted molar refractivity (Wildman–Crippen MR) is 85.3 cm³/mol. The Labute approximate surface area is 147 Å². The van der Waals surface area contributed by atoms with Crippen LogP contribution >= 0.6 is 0 Å². The van der Waals surface area contributed by atoms with Gasteiger partial charge in [0.25, 0.3) is 5.91 Å². The van der Waals surface area contributed by atoms with E-state index in [9.17, 15) is 22.8 Å². The van der Waals surface area contributed by atoms with Gasteiger partial charge in [-0.15, -0.1) is 0 Å². The summed E-state index contributed by atoms with van der Waals surface area (Å²) in [6, 6.07) is 3.95. The summed E-state index contributed by atoms with van der Waals surface area (Å²) in [5.41, 5.74) is 0.863. The molecule has 1 heterocycles. The van der Waals surface area contributed by atoms with Crippen molar-refractivity contribution in [3.8, 4) is 0 Å². The van der Waals surface area contributed by atoms with Crippen LogP contribution in [0.3, 0.4) is 0 Å². The van der Waals surface area contributed by atoms with E-state index in [-0.39, 0.29) is 12.1 Å². The lowest BCUT2D eigenvalue weighted by Gasteiger charge is -2.09. The van der Waals surface area contributed by atoms with E-state index in [2.05, 4.69) is 10.5 Å². The highest BCUT2D eigenvalue weighted by atomic mass is 19.4. The first-order valence-electron chi connectivity index (χ1n) is 7.71. The van der Waals surface area contributed by atoms with Gasteiger partial charge in [0.2, 0.25) is 0 Å². The summed E-state index contributed by atoms with van der Waals surface area (Å²) in [6.07, 6.45) is -4.02. The number of nitrogens with zero attached hydrogens (tertiary/aromatic N) is 1. The summed E-state index contributed by atoms with van der Waals surface area (Å²) < 4.78 is 47.2. The van der Waals surface area contributed by atoms with Crippen molar-refractivity contribution >= 4 is 17.6 Å². The molecule has 0 atom stereocenters. The lowest BCUT2D eigenvalue weighted by Crippen LogP contribution is -2.21. The Kier molecular flexibility index (Phi) is 6.01. The zero-order chi connectivity index (χ0) is 19.3. The summed E-state index contributed by atoms with van der Waals surface area (Å²) in [7, 11) is 0. The third kappa shape index (κ3) is 5.33. The molecule has 0 saturated heterocycles. The van der Waals surface area contributed by atoms with Crippen molar-refractivity contribution < 1.29 is 32.0 Å². The van der Waals surface area contributed by atoms with Crippen molar-refractivity contribution in [3.63, 3.8) is 0 Å². The number of nitrogens with one attached hydrogen (secondary N) is 1. The van der Waals surface area contributed by atoms with Gasteiger partial charge in [0.1, 0.15) is 5.76 Å². The molecule has 0 saturated carbocycles. The third-order valence-corrected chi connectivity index (χ3v) is 3.62. The zero-order valence-electron chi connectivity index (χ0n) is 14.1. The van der Waals surface area contributed by atoms with Gasteiger partial charge in [0.05, 0.1) is 11.3 Å². The number of carbonyl (C=O) groups excluding carboxylic acids is 2. The van der Waals surface area contributed by atoms with E-state index < -0.39 is 30.2 Å². The minimum absolute atomic E-state index is 0.0520. The van der Waals surface area contributed by atoms with Crippen LogP contribution < -0.4 is 5.32 Å². The van der Waals surface area contributed by atoms with Gasteiger partial charge < -0.3 is 14.6 Å². The Hall–Kier alpha value is -2.84. The molecule has 1 aromatic heterocycles. The second-order valence-electron chi connectivity index (χ2n) is 5.59. The number of hydrogen-bond donors (Lipinski definition) is 1. The van der Waals surface area contributed by atoms with Crippen molar-refractivity contribution in [2.24, 2.45) is 0 Å². The molecule has 0 fully saturated rings. The average molecular weight is 370 g/mol. The molecule has 0 aliphatic rings. The molecule has 140 valence electrons. The maximum atomic E-state index is 12.5. The highest BCUT2D eigenvalue weighted by molar-refractivity contribution is 5.92. The molecule has 2 rings (SSSR count). The fraction of sp³-hybridized carbons (Fsp3) is 0.353. The normalized spacial score (nSPS) is 11.3. The summed E-state index contributed by atoms with van der Waals surface area (Å²) in [4.78, 5) is 23.4. The lowest BCUT2D eigenvalue weighted by molar-refractivity contribution is -0.147. The molecule has 0 aliphatic carbocycles. The molecule has 2 aromatic rings. The first-order chi connectivity index (χ1) is 12.2. The van der Waals surface area contributed by atoms with Crippen LogP contribution in [0.5, 0.6) is 0 Å². The van der Waals surface area contributed by atoms with Crippen molar-refractivity contribution in [1.29, 1.82) is 0 Å². The number of benzene rings is 1. The van der Waals surface area contributed by atoms with Gasteiger partial charge in [-0.3, -0.25) is 9.59 Å². The fourth-order valence-electron chi connectivity index (χ4n) is 2.24. The van der Waals surface area contributed by atoms with Crippen molar-refractivity contribution in [2.75, 3.05) is 11.9 Å². The molecule has 26 heavy (non-hydrogen) atoms. The molecular weight excluding hydrogens is 353 g/mol. The topological polar surface area (TPSA) is 81.4 Å². The lowest BCUT2D eigenvalue weighted by atomic mass is 10.1. The van der Waals surface area contributed by atoms with Crippen molar-refractivity contribution in [1.82, 2.24) is 5.16 Å². The highest BCUT2D eigenvalue weighted by Crippen LogP contribution is 2.29. The quantitative estimate of drug-likeness (QED) is 0.788. The Morgan fingerprint density at radius 2 is 1.85 bits per heavy atom. The standard InChI is InChI=1S/C17H17F3N2O4/c1-10-14(11(2)26-22-10)7-8-16(24)25-9-15(23)21-13-5-3-12(4-6-13)17(18,19)20/h3-6H,7-9H2,1-2H3,(H,21,23). The minimum atomic E-state index is -4.45. The molecule has 1 N–H and O–H groups in total. The van der Waals surface area contributed by atoms with Crippen molar-refractivity contribution in [2.45, 2.75) is 32.9 Å². The fourth-order valence-corrected chi connectivity index (χ4v) is 2.24. The number of amides is 1. The largest absolute Gasteiger partial charge is 0.456 e. The number of rotatable bonds is 6. The molecule has 0 bridgehead atoms. The first-order valence-corrected chi connectivity index (χ1v) is 7.71. The van der Waals surface area contributed by atoms with Crippen LogP contribution in [0.2, 0.25) is 0 Å². The number of anilines is 1. The summed E-state index contributed by atoms with van der Waals surface area (Å²) in [6.45, 7) is 2.97. The van der Waals surface area contributed by atoms with Gasteiger partial charge in [-0.2, -0.15) is 13.2 Å². The smallest absolute Gasteiger partial charge is 0.416 e. The van der Waals surface area contributed by atoms with Gasteiger partial charge >= 0.3 is 12.1 Å². The third-order valence-electron chi connectivity index (χ3n) is 3.62. The maximum Gasteiger partial charge on any atom is 0.416 e. The van der Waals surface area contributed by atoms with E-state index in [4.69, 9.17) is 9.26 Å². The van der Waals surface area contributed by atoms with Crippen LogP contribution in [-0.2, 0) is 26.9 Å². The Morgan fingerprint density at radius 3 is 2.38 bits per heavy atom. The summed E-state index contributed by atoms with van der Waals surface area (Å²) in [5.74, 6) is -0.599. The molecule has 1 aromatic carbocycles.